The molecule has 0 aliphatic carbocycles. The zero-order valence-corrected chi connectivity index (χ0v) is 14.7. The fourth-order valence-corrected chi connectivity index (χ4v) is 3.51. The van der Waals surface area contributed by atoms with Gasteiger partial charge >= 0.3 is 0 Å². The zero-order valence-electron chi connectivity index (χ0n) is 14.7. The van der Waals surface area contributed by atoms with Gasteiger partial charge in [-0.1, -0.05) is 30.3 Å². The molecule has 1 atom stereocenters. The van der Waals surface area contributed by atoms with E-state index in [0.717, 1.165) is 47.6 Å². The van der Waals surface area contributed by atoms with Gasteiger partial charge < -0.3 is 14.6 Å². The van der Waals surface area contributed by atoms with E-state index in [2.05, 4.69) is 9.97 Å². The smallest absolute Gasteiger partial charge is 0.247 e. The number of ether oxygens (including phenoxy) is 1. The van der Waals surface area contributed by atoms with Crippen LogP contribution in [0.5, 0.6) is 5.75 Å². The minimum Gasteiger partial charge on any atom is -0.496 e. The molecule has 1 aliphatic rings. The van der Waals surface area contributed by atoms with E-state index in [9.17, 15) is 4.79 Å². The maximum Gasteiger partial charge on any atom is 0.247 e. The van der Waals surface area contributed by atoms with Crippen LogP contribution in [0.2, 0.25) is 0 Å². The summed E-state index contributed by atoms with van der Waals surface area (Å²) in [5, 5.41) is 0. The number of hydrogen-bond acceptors (Lipinski definition) is 3. The number of H-pyrrole nitrogens is 1. The number of aromatic amines is 1. The van der Waals surface area contributed by atoms with Crippen molar-refractivity contribution in [2.75, 3.05) is 13.7 Å². The van der Waals surface area contributed by atoms with Crippen LogP contribution in [-0.2, 0) is 4.79 Å². The van der Waals surface area contributed by atoms with E-state index in [4.69, 9.17) is 4.74 Å². The van der Waals surface area contributed by atoms with Crippen LogP contribution in [0.25, 0.3) is 17.1 Å². The lowest BCUT2D eigenvalue weighted by Gasteiger charge is -2.21. The van der Waals surface area contributed by atoms with Gasteiger partial charge in [-0.3, -0.25) is 4.79 Å². The minimum absolute atomic E-state index is 0.00105. The number of nitrogens with one attached hydrogen (secondary N) is 1. The molecule has 1 saturated heterocycles. The molecule has 0 saturated carbocycles. The predicted molar refractivity (Wildman–Crippen MR) is 102 cm³/mol. The van der Waals surface area contributed by atoms with Gasteiger partial charge in [0.25, 0.3) is 0 Å². The fourth-order valence-electron chi connectivity index (χ4n) is 3.51. The molecular formula is C21H21N3O2. The molecule has 5 heteroatoms. The Hall–Kier alpha value is -3.08. The number of aromatic nitrogens is 2. The number of amides is 1. The van der Waals surface area contributed by atoms with Crippen molar-refractivity contribution in [1.82, 2.24) is 14.9 Å². The van der Waals surface area contributed by atoms with Gasteiger partial charge in [0.15, 0.2) is 0 Å². The van der Waals surface area contributed by atoms with Crippen LogP contribution in [0.15, 0.2) is 54.6 Å². The number of likely N-dealkylation sites (tertiary alicyclic amines) is 1. The summed E-state index contributed by atoms with van der Waals surface area (Å²) in [5.41, 5.74) is 2.83. The first-order valence-corrected chi connectivity index (χ1v) is 8.82. The largest absolute Gasteiger partial charge is 0.496 e. The molecule has 2 aromatic carbocycles. The highest BCUT2D eigenvalue weighted by molar-refractivity contribution is 5.92. The number of hydrogen-bond donors (Lipinski definition) is 1. The van der Waals surface area contributed by atoms with E-state index < -0.39 is 0 Å². The van der Waals surface area contributed by atoms with Crippen molar-refractivity contribution >= 4 is 23.0 Å². The molecule has 1 amide bonds. The molecule has 3 aromatic rings. The molecule has 1 unspecified atom stereocenters. The lowest BCUT2D eigenvalue weighted by atomic mass is 10.1. The number of fused-ring (bicyclic) bond motifs is 1. The highest BCUT2D eigenvalue weighted by atomic mass is 16.5. The van der Waals surface area contributed by atoms with Gasteiger partial charge in [-0.25, -0.2) is 4.98 Å². The summed E-state index contributed by atoms with van der Waals surface area (Å²) >= 11 is 0. The van der Waals surface area contributed by atoms with Gasteiger partial charge in [0.2, 0.25) is 5.91 Å². The van der Waals surface area contributed by atoms with Crippen molar-refractivity contribution in [3.8, 4) is 5.75 Å². The van der Waals surface area contributed by atoms with Gasteiger partial charge in [-0.15, -0.1) is 0 Å². The van der Waals surface area contributed by atoms with Gasteiger partial charge in [-0.05, 0) is 37.1 Å². The van der Waals surface area contributed by atoms with Crippen molar-refractivity contribution in [1.29, 1.82) is 0 Å². The van der Waals surface area contributed by atoms with Gasteiger partial charge in [0, 0.05) is 18.2 Å². The molecule has 132 valence electrons. The first-order chi connectivity index (χ1) is 12.8. The van der Waals surface area contributed by atoms with Crippen LogP contribution in [0.4, 0.5) is 0 Å². The lowest BCUT2D eigenvalue weighted by Crippen LogP contribution is -2.29. The number of benzene rings is 2. The van der Waals surface area contributed by atoms with Crippen molar-refractivity contribution in [3.63, 3.8) is 0 Å². The molecule has 1 N–H and O–H groups in total. The second-order valence-electron chi connectivity index (χ2n) is 6.40. The molecular weight excluding hydrogens is 326 g/mol. The quantitative estimate of drug-likeness (QED) is 0.727. The van der Waals surface area contributed by atoms with Crippen molar-refractivity contribution in [2.24, 2.45) is 0 Å². The predicted octanol–water partition coefficient (Wildman–Crippen LogP) is 3.95. The normalized spacial score (nSPS) is 17.3. The first kappa shape index (κ1) is 16.4. The van der Waals surface area contributed by atoms with Gasteiger partial charge in [0.1, 0.15) is 11.6 Å². The Morgan fingerprint density at radius 3 is 2.88 bits per heavy atom. The zero-order chi connectivity index (χ0) is 17.9. The van der Waals surface area contributed by atoms with Gasteiger partial charge in [-0.2, -0.15) is 0 Å². The number of para-hydroxylation sites is 3. The molecule has 1 aromatic heterocycles. The molecule has 4 rings (SSSR count). The molecule has 1 fully saturated rings. The molecule has 26 heavy (non-hydrogen) atoms. The Kier molecular flexibility index (Phi) is 4.44. The minimum atomic E-state index is -0.00258. The van der Waals surface area contributed by atoms with E-state index in [0.29, 0.717) is 0 Å². The topological polar surface area (TPSA) is 58.2 Å². The van der Waals surface area contributed by atoms with Crippen molar-refractivity contribution in [3.05, 3.63) is 66.0 Å². The highest BCUT2D eigenvalue weighted by Gasteiger charge is 2.31. The average Bonchev–Trinajstić information content (AvgIpc) is 3.32. The highest BCUT2D eigenvalue weighted by Crippen LogP contribution is 2.31. The Labute approximate surface area is 152 Å². The summed E-state index contributed by atoms with van der Waals surface area (Å²) < 4.78 is 5.34. The molecule has 0 bridgehead atoms. The van der Waals surface area contributed by atoms with Crippen LogP contribution >= 0.6 is 0 Å². The van der Waals surface area contributed by atoms with E-state index >= 15 is 0 Å². The number of nitrogens with zero attached hydrogens (tertiary/aromatic N) is 2. The van der Waals surface area contributed by atoms with Crippen molar-refractivity contribution < 1.29 is 9.53 Å². The molecule has 2 heterocycles. The summed E-state index contributed by atoms with van der Waals surface area (Å²) in [5.74, 6) is 1.62. The van der Waals surface area contributed by atoms with Crippen LogP contribution in [-0.4, -0.2) is 34.4 Å². The summed E-state index contributed by atoms with van der Waals surface area (Å²) in [4.78, 5) is 22.7. The summed E-state index contributed by atoms with van der Waals surface area (Å²) in [6, 6.07) is 15.6. The molecule has 0 spiro atoms. The lowest BCUT2D eigenvalue weighted by molar-refractivity contribution is -0.126. The number of rotatable bonds is 4. The third kappa shape index (κ3) is 3.08. The van der Waals surface area contributed by atoms with E-state index in [1.54, 1.807) is 13.2 Å². The van der Waals surface area contributed by atoms with E-state index in [-0.39, 0.29) is 11.9 Å². The molecule has 0 radical (unpaired) electrons. The monoisotopic (exact) mass is 347 g/mol. The Balaban J connectivity index is 1.56. The Bertz CT molecular complexity index is 928. The van der Waals surface area contributed by atoms with Crippen LogP contribution in [0, 0.1) is 0 Å². The second kappa shape index (κ2) is 7.04. The Morgan fingerprint density at radius 2 is 2.04 bits per heavy atom. The van der Waals surface area contributed by atoms with Crippen LogP contribution in [0.3, 0.4) is 0 Å². The van der Waals surface area contributed by atoms with Crippen LogP contribution in [0.1, 0.15) is 30.3 Å². The van der Waals surface area contributed by atoms with E-state index in [1.807, 2.05) is 59.5 Å². The summed E-state index contributed by atoms with van der Waals surface area (Å²) in [6.45, 7) is 0.747. The fraction of sp³-hybridized carbons (Fsp3) is 0.238. The third-order valence-corrected chi connectivity index (χ3v) is 4.80. The number of carbonyl (C=O) groups is 1. The van der Waals surface area contributed by atoms with Gasteiger partial charge in [0.05, 0.1) is 24.2 Å². The van der Waals surface area contributed by atoms with E-state index in [1.165, 1.54) is 0 Å². The number of imidazole rings is 1. The Morgan fingerprint density at radius 1 is 1.23 bits per heavy atom. The number of methoxy groups -OCH3 is 1. The number of carbonyl (C=O) groups excluding carboxylic acids is 1. The molecule has 5 nitrogen and oxygen atoms in total. The second-order valence-corrected chi connectivity index (χ2v) is 6.40. The van der Waals surface area contributed by atoms with Crippen LogP contribution < -0.4 is 4.74 Å². The third-order valence-electron chi connectivity index (χ3n) is 4.80. The summed E-state index contributed by atoms with van der Waals surface area (Å²) in [7, 11) is 1.63. The maximum atomic E-state index is 12.8. The van der Waals surface area contributed by atoms with Crippen molar-refractivity contribution in [2.45, 2.75) is 18.9 Å². The SMILES string of the molecule is COc1ccccc1/C=C/C(=O)N1CCCC1c1nc2ccccc2[nH]1. The average molecular weight is 347 g/mol. The first-order valence-electron chi connectivity index (χ1n) is 8.82. The maximum absolute atomic E-state index is 12.8. The standard InChI is InChI=1S/C21H21N3O2/c1-26-19-11-5-2-7-15(19)12-13-20(25)24-14-6-10-18(24)21-22-16-8-3-4-9-17(16)23-21/h2-5,7-9,11-13,18H,6,10,14H2,1H3,(H,22,23)/b13-12+. The molecule has 1 aliphatic heterocycles. The summed E-state index contributed by atoms with van der Waals surface area (Å²) in [6.07, 6.45) is 5.35.